The summed E-state index contributed by atoms with van der Waals surface area (Å²) in [6.45, 7) is 1.36. The van der Waals surface area contributed by atoms with Crippen LogP contribution in [-0.2, 0) is 4.79 Å². The van der Waals surface area contributed by atoms with E-state index in [0.717, 1.165) is 17.8 Å². The van der Waals surface area contributed by atoms with Gasteiger partial charge in [0, 0.05) is 24.3 Å². The molecule has 0 fully saturated rings. The first-order valence-electron chi connectivity index (χ1n) is 5.28. The first-order valence-corrected chi connectivity index (χ1v) is 6.27. The molecule has 0 aliphatic rings. The third-order valence-electron chi connectivity index (χ3n) is 2.35. The number of hydrogen-bond acceptors (Lipinski definition) is 5. The second kappa shape index (κ2) is 6.72. The molecule has 0 radical (unpaired) electrons. The third kappa shape index (κ3) is 3.97. The van der Waals surface area contributed by atoms with Gasteiger partial charge in [0.05, 0.1) is 13.2 Å². The SMILES string of the molecule is COc1ccc(C(O)C(O)CSC(C)=O)c(F)c1. The van der Waals surface area contributed by atoms with E-state index >= 15 is 0 Å². The molecule has 100 valence electrons. The van der Waals surface area contributed by atoms with Gasteiger partial charge in [-0.15, -0.1) is 0 Å². The van der Waals surface area contributed by atoms with Crippen molar-refractivity contribution in [2.75, 3.05) is 12.9 Å². The number of aliphatic hydroxyl groups is 2. The average molecular weight is 274 g/mol. The maximum Gasteiger partial charge on any atom is 0.185 e. The van der Waals surface area contributed by atoms with E-state index in [1.807, 2.05) is 0 Å². The molecule has 1 aromatic carbocycles. The monoisotopic (exact) mass is 274 g/mol. The summed E-state index contributed by atoms with van der Waals surface area (Å²) >= 11 is 0.880. The van der Waals surface area contributed by atoms with Crippen molar-refractivity contribution in [3.8, 4) is 5.75 Å². The Morgan fingerprint density at radius 3 is 2.67 bits per heavy atom. The van der Waals surface area contributed by atoms with Crippen LogP contribution in [0.3, 0.4) is 0 Å². The van der Waals surface area contributed by atoms with E-state index in [2.05, 4.69) is 0 Å². The number of benzene rings is 1. The molecule has 0 saturated heterocycles. The lowest BCUT2D eigenvalue weighted by atomic mass is 10.0. The van der Waals surface area contributed by atoms with Gasteiger partial charge in [0.2, 0.25) is 0 Å². The molecule has 1 rings (SSSR count). The zero-order chi connectivity index (χ0) is 13.7. The molecule has 0 aliphatic carbocycles. The third-order valence-corrected chi connectivity index (χ3v) is 3.26. The summed E-state index contributed by atoms with van der Waals surface area (Å²) in [6, 6.07) is 3.97. The van der Waals surface area contributed by atoms with Crippen LogP contribution in [0.5, 0.6) is 5.75 Å². The summed E-state index contributed by atoms with van der Waals surface area (Å²) in [5.41, 5.74) is -0.0209. The van der Waals surface area contributed by atoms with E-state index in [9.17, 15) is 19.4 Å². The normalized spacial score (nSPS) is 14.1. The number of carbonyl (C=O) groups is 1. The minimum absolute atomic E-state index is 0.0158. The zero-order valence-electron chi connectivity index (χ0n) is 10.1. The topological polar surface area (TPSA) is 66.8 Å². The van der Waals surface area contributed by atoms with E-state index in [-0.39, 0.29) is 16.4 Å². The van der Waals surface area contributed by atoms with Gasteiger partial charge in [-0.1, -0.05) is 11.8 Å². The van der Waals surface area contributed by atoms with Gasteiger partial charge in [-0.2, -0.15) is 0 Å². The van der Waals surface area contributed by atoms with E-state index in [0.29, 0.717) is 5.75 Å². The van der Waals surface area contributed by atoms with Gasteiger partial charge in [0.1, 0.15) is 17.7 Å². The molecule has 18 heavy (non-hydrogen) atoms. The number of hydrogen-bond donors (Lipinski definition) is 2. The molecular formula is C12H15FO4S. The Labute approximate surface area is 109 Å². The molecule has 2 atom stereocenters. The molecule has 1 aromatic rings. The van der Waals surface area contributed by atoms with E-state index in [4.69, 9.17) is 4.74 Å². The quantitative estimate of drug-likeness (QED) is 0.852. The molecular weight excluding hydrogens is 259 g/mol. The minimum Gasteiger partial charge on any atom is -0.497 e. The predicted octanol–water partition coefficient (Wildman–Crippen LogP) is 1.51. The number of carbonyl (C=O) groups excluding carboxylic acids is 1. The van der Waals surface area contributed by atoms with Gasteiger partial charge in [-0.25, -0.2) is 4.39 Å². The predicted molar refractivity (Wildman–Crippen MR) is 67.1 cm³/mol. The number of halogens is 1. The van der Waals surface area contributed by atoms with Gasteiger partial charge in [-0.3, -0.25) is 4.79 Å². The highest BCUT2D eigenvalue weighted by Gasteiger charge is 2.22. The lowest BCUT2D eigenvalue weighted by Gasteiger charge is -2.18. The van der Waals surface area contributed by atoms with Gasteiger partial charge < -0.3 is 14.9 Å². The standard InChI is InChI=1S/C12H15FO4S/c1-7(14)18-6-11(15)12(16)9-4-3-8(17-2)5-10(9)13/h3-5,11-12,15-16H,6H2,1-2H3. The van der Waals surface area contributed by atoms with Crippen molar-refractivity contribution < 1.29 is 24.1 Å². The second-order valence-electron chi connectivity index (χ2n) is 3.70. The van der Waals surface area contributed by atoms with Gasteiger partial charge in [-0.05, 0) is 12.1 Å². The van der Waals surface area contributed by atoms with Crippen LogP contribution in [-0.4, -0.2) is 34.3 Å². The van der Waals surface area contributed by atoms with Crippen LogP contribution in [0.1, 0.15) is 18.6 Å². The van der Waals surface area contributed by atoms with Crippen molar-refractivity contribution in [2.24, 2.45) is 0 Å². The first-order chi connectivity index (χ1) is 8.45. The molecule has 0 aromatic heterocycles. The summed E-state index contributed by atoms with van der Waals surface area (Å²) in [5, 5.41) is 19.3. The van der Waals surface area contributed by atoms with Crippen LogP contribution in [0.2, 0.25) is 0 Å². The van der Waals surface area contributed by atoms with Crippen LogP contribution in [0.25, 0.3) is 0 Å². The van der Waals surface area contributed by atoms with Crippen LogP contribution in [0.4, 0.5) is 4.39 Å². The Bertz CT molecular complexity index is 425. The summed E-state index contributed by atoms with van der Waals surface area (Å²) in [7, 11) is 1.41. The Hall–Kier alpha value is -1.11. The van der Waals surface area contributed by atoms with Gasteiger partial charge in [0.15, 0.2) is 5.12 Å². The van der Waals surface area contributed by atoms with Gasteiger partial charge in [0.25, 0.3) is 0 Å². The van der Waals surface area contributed by atoms with E-state index in [1.165, 1.54) is 26.2 Å². The lowest BCUT2D eigenvalue weighted by Crippen LogP contribution is -2.22. The fraction of sp³-hybridized carbons (Fsp3) is 0.417. The van der Waals surface area contributed by atoms with Crippen LogP contribution in [0.15, 0.2) is 18.2 Å². The first kappa shape index (κ1) is 14.9. The molecule has 2 N–H and O–H groups in total. The molecule has 0 heterocycles. The van der Waals surface area contributed by atoms with E-state index < -0.39 is 18.0 Å². The summed E-state index contributed by atoms with van der Waals surface area (Å²) < 4.78 is 18.5. The Kier molecular flexibility index (Phi) is 5.58. The smallest absolute Gasteiger partial charge is 0.185 e. The number of rotatable bonds is 5. The summed E-state index contributed by atoms with van der Waals surface area (Å²) in [6.07, 6.45) is -2.58. The maximum atomic E-state index is 13.6. The van der Waals surface area contributed by atoms with Crippen molar-refractivity contribution in [2.45, 2.75) is 19.1 Å². The molecule has 0 bridgehead atoms. The van der Waals surface area contributed by atoms with E-state index in [1.54, 1.807) is 0 Å². The average Bonchev–Trinajstić information content (AvgIpc) is 2.34. The highest BCUT2D eigenvalue weighted by molar-refractivity contribution is 8.13. The molecule has 0 amide bonds. The maximum absolute atomic E-state index is 13.6. The molecule has 0 aliphatic heterocycles. The number of methoxy groups -OCH3 is 1. The van der Waals surface area contributed by atoms with Crippen molar-refractivity contribution in [3.63, 3.8) is 0 Å². The molecule has 4 nitrogen and oxygen atoms in total. The second-order valence-corrected chi connectivity index (χ2v) is 4.90. The van der Waals surface area contributed by atoms with Crippen LogP contribution < -0.4 is 4.74 Å². The lowest BCUT2D eigenvalue weighted by molar-refractivity contribution is -0.109. The van der Waals surface area contributed by atoms with Crippen molar-refractivity contribution in [1.29, 1.82) is 0 Å². The fourth-order valence-electron chi connectivity index (χ4n) is 1.38. The Morgan fingerprint density at radius 2 is 2.17 bits per heavy atom. The van der Waals surface area contributed by atoms with Crippen molar-refractivity contribution in [1.82, 2.24) is 0 Å². The Morgan fingerprint density at radius 1 is 1.50 bits per heavy atom. The zero-order valence-corrected chi connectivity index (χ0v) is 10.9. The number of thioether (sulfide) groups is 1. The highest BCUT2D eigenvalue weighted by Crippen LogP contribution is 2.25. The fourth-order valence-corrected chi connectivity index (χ4v) is 1.96. The van der Waals surface area contributed by atoms with Crippen LogP contribution >= 0.6 is 11.8 Å². The number of ether oxygens (including phenoxy) is 1. The molecule has 6 heteroatoms. The molecule has 0 saturated carbocycles. The van der Waals surface area contributed by atoms with Crippen LogP contribution in [0, 0.1) is 5.82 Å². The Balaban J connectivity index is 2.76. The molecule has 2 unspecified atom stereocenters. The number of aliphatic hydroxyl groups excluding tert-OH is 2. The minimum atomic E-state index is -1.37. The summed E-state index contributed by atoms with van der Waals surface area (Å²) in [4.78, 5) is 10.7. The van der Waals surface area contributed by atoms with Crippen molar-refractivity contribution in [3.05, 3.63) is 29.6 Å². The molecule has 0 spiro atoms. The van der Waals surface area contributed by atoms with Gasteiger partial charge >= 0.3 is 0 Å². The largest absolute Gasteiger partial charge is 0.497 e. The highest BCUT2D eigenvalue weighted by atomic mass is 32.2. The summed E-state index contributed by atoms with van der Waals surface area (Å²) in [5.74, 6) is -0.313. The van der Waals surface area contributed by atoms with Crippen molar-refractivity contribution >= 4 is 16.9 Å².